The second kappa shape index (κ2) is 8.16. The van der Waals surface area contributed by atoms with Crippen LogP contribution in [0.4, 0.5) is 14.5 Å². The zero-order chi connectivity index (χ0) is 19.4. The lowest BCUT2D eigenvalue weighted by atomic mass is 10.0. The van der Waals surface area contributed by atoms with Gasteiger partial charge in [-0.1, -0.05) is 0 Å². The molecule has 2 aromatic carbocycles. The van der Waals surface area contributed by atoms with Crippen LogP contribution in [-0.2, 0) is 4.74 Å². The van der Waals surface area contributed by atoms with Crippen molar-refractivity contribution in [3.63, 3.8) is 0 Å². The summed E-state index contributed by atoms with van der Waals surface area (Å²) in [7, 11) is 1.30. The van der Waals surface area contributed by atoms with Crippen molar-refractivity contribution in [1.82, 2.24) is 4.90 Å². The number of nitrogens with one attached hydrogen (secondary N) is 1. The van der Waals surface area contributed by atoms with Crippen LogP contribution in [0.3, 0.4) is 0 Å². The maximum Gasteiger partial charge on any atom is 0.337 e. The van der Waals surface area contributed by atoms with Crippen LogP contribution in [0.1, 0.15) is 33.6 Å². The predicted molar refractivity (Wildman–Crippen MR) is 96.7 cm³/mol. The predicted octanol–water partition coefficient (Wildman–Crippen LogP) is 3.47. The van der Waals surface area contributed by atoms with Crippen LogP contribution in [0.2, 0.25) is 0 Å². The number of rotatable bonds is 4. The molecule has 1 aliphatic rings. The molecule has 27 heavy (non-hydrogen) atoms. The first-order valence-corrected chi connectivity index (χ1v) is 8.67. The highest BCUT2D eigenvalue weighted by Crippen LogP contribution is 2.20. The van der Waals surface area contributed by atoms with E-state index in [-0.39, 0.29) is 11.9 Å². The van der Waals surface area contributed by atoms with Crippen LogP contribution in [0.25, 0.3) is 0 Å². The average Bonchev–Trinajstić information content (AvgIpc) is 2.70. The molecule has 5 nitrogen and oxygen atoms in total. The third-order valence-electron chi connectivity index (χ3n) is 4.55. The van der Waals surface area contributed by atoms with Crippen LogP contribution in [0.5, 0.6) is 0 Å². The van der Waals surface area contributed by atoms with E-state index in [1.54, 1.807) is 29.2 Å². The number of anilines is 1. The molecule has 142 valence electrons. The van der Waals surface area contributed by atoms with Crippen molar-refractivity contribution in [3.05, 3.63) is 65.2 Å². The fraction of sp³-hybridized carbons (Fsp3) is 0.300. The lowest BCUT2D eigenvalue weighted by Crippen LogP contribution is -2.45. The molecule has 1 fully saturated rings. The van der Waals surface area contributed by atoms with E-state index < -0.39 is 17.6 Å². The lowest BCUT2D eigenvalue weighted by molar-refractivity contribution is 0.0599. The third-order valence-corrected chi connectivity index (χ3v) is 4.55. The molecule has 0 bridgehead atoms. The van der Waals surface area contributed by atoms with Gasteiger partial charge in [-0.3, -0.25) is 4.79 Å². The molecule has 1 atom stereocenters. The van der Waals surface area contributed by atoms with Gasteiger partial charge >= 0.3 is 5.97 Å². The van der Waals surface area contributed by atoms with E-state index in [1.807, 2.05) is 0 Å². The van der Waals surface area contributed by atoms with Gasteiger partial charge in [-0.15, -0.1) is 0 Å². The topological polar surface area (TPSA) is 58.6 Å². The fourth-order valence-electron chi connectivity index (χ4n) is 3.15. The Balaban J connectivity index is 1.65. The molecule has 2 aromatic rings. The van der Waals surface area contributed by atoms with Crippen LogP contribution in [0, 0.1) is 11.6 Å². The van der Waals surface area contributed by atoms with Gasteiger partial charge in [0.2, 0.25) is 0 Å². The SMILES string of the molecule is COC(=O)c1ccc(C(=O)N2CCC[C@H](Nc3ccc(F)c(F)c3)C2)cc1. The highest BCUT2D eigenvalue weighted by atomic mass is 19.2. The number of carbonyl (C=O) groups excluding carboxylic acids is 2. The molecule has 1 N–H and O–H groups in total. The Morgan fingerprint density at radius 1 is 1.07 bits per heavy atom. The van der Waals surface area contributed by atoms with Gasteiger partial charge in [-0.25, -0.2) is 13.6 Å². The second-order valence-electron chi connectivity index (χ2n) is 6.43. The fourth-order valence-corrected chi connectivity index (χ4v) is 3.15. The van der Waals surface area contributed by atoms with Crippen LogP contribution >= 0.6 is 0 Å². The van der Waals surface area contributed by atoms with E-state index in [1.165, 1.54) is 13.2 Å². The van der Waals surface area contributed by atoms with E-state index in [2.05, 4.69) is 10.1 Å². The van der Waals surface area contributed by atoms with E-state index in [9.17, 15) is 18.4 Å². The van der Waals surface area contributed by atoms with E-state index in [0.717, 1.165) is 25.0 Å². The molecule has 0 spiro atoms. The van der Waals surface area contributed by atoms with Crippen molar-refractivity contribution < 1.29 is 23.1 Å². The molecule has 0 unspecified atom stereocenters. The Morgan fingerprint density at radius 3 is 2.44 bits per heavy atom. The Labute approximate surface area is 155 Å². The monoisotopic (exact) mass is 374 g/mol. The molecule has 1 saturated heterocycles. The Kier molecular flexibility index (Phi) is 5.69. The Morgan fingerprint density at radius 2 is 1.78 bits per heavy atom. The number of benzene rings is 2. The van der Waals surface area contributed by atoms with Crippen LogP contribution < -0.4 is 5.32 Å². The lowest BCUT2D eigenvalue weighted by Gasteiger charge is -2.33. The molecular weight excluding hydrogens is 354 g/mol. The minimum atomic E-state index is -0.908. The van der Waals surface area contributed by atoms with Crippen molar-refractivity contribution in [2.45, 2.75) is 18.9 Å². The molecule has 0 aromatic heterocycles. The quantitative estimate of drug-likeness (QED) is 0.833. The van der Waals surface area contributed by atoms with Gasteiger partial charge in [-0.05, 0) is 49.2 Å². The van der Waals surface area contributed by atoms with Crippen LogP contribution in [-0.4, -0.2) is 43.0 Å². The zero-order valence-corrected chi connectivity index (χ0v) is 14.9. The Bertz CT molecular complexity index is 840. The molecule has 1 heterocycles. The van der Waals surface area contributed by atoms with Crippen molar-refractivity contribution >= 4 is 17.6 Å². The maximum atomic E-state index is 13.4. The van der Waals surface area contributed by atoms with Crippen molar-refractivity contribution in [3.8, 4) is 0 Å². The molecule has 1 amide bonds. The minimum absolute atomic E-state index is 0.0538. The molecule has 0 aliphatic carbocycles. The van der Waals surface area contributed by atoms with Gasteiger partial charge in [0.25, 0.3) is 5.91 Å². The number of methoxy groups -OCH3 is 1. The molecular formula is C20H20F2N2O3. The molecule has 3 rings (SSSR count). The van der Waals surface area contributed by atoms with Gasteiger partial charge < -0.3 is 15.0 Å². The summed E-state index contributed by atoms with van der Waals surface area (Å²) in [5, 5.41) is 3.16. The summed E-state index contributed by atoms with van der Waals surface area (Å²) in [5.74, 6) is -2.39. The molecule has 7 heteroatoms. The van der Waals surface area contributed by atoms with E-state index in [4.69, 9.17) is 0 Å². The van der Waals surface area contributed by atoms with Gasteiger partial charge in [0.15, 0.2) is 11.6 Å². The number of likely N-dealkylation sites (tertiary alicyclic amines) is 1. The van der Waals surface area contributed by atoms with Gasteiger partial charge in [-0.2, -0.15) is 0 Å². The smallest absolute Gasteiger partial charge is 0.337 e. The number of nitrogens with zero attached hydrogens (tertiary/aromatic N) is 1. The van der Waals surface area contributed by atoms with Gasteiger partial charge in [0.05, 0.1) is 12.7 Å². The summed E-state index contributed by atoms with van der Waals surface area (Å²) in [4.78, 5) is 25.9. The summed E-state index contributed by atoms with van der Waals surface area (Å²) in [6.45, 7) is 1.07. The second-order valence-corrected chi connectivity index (χ2v) is 6.43. The summed E-state index contributed by atoms with van der Waals surface area (Å²) in [5.41, 5.74) is 1.34. The van der Waals surface area contributed by atoms with Crippen LogP contribution in [0.15, 0.2) is 42.5 Å². The average molecular weight is 374 g/mol. The highest BCUT2D eigenvalue weighted by molar-refractivity contribution is 5.96. The first-order chi connectivity index (χ1) is 13.0. The number of amides is 1. The Hall–Kier alpha value is -2.96. The number of ether oxygens (including phenoxy) is 1. The largest absolute Gasteiger partial charge is 0.465 e. The summed E-state index contributed by atoms with van der Waals surface area (Å²) in [6, 6.07) is 9.92. The van der Waals surface area contributed by atoms with Crippen molar-refractivity contribution in [2.75, 3.05) is 25.5 Å². The van der Waals surface area contributed by atoms with Crippen molar-refractivity contribution in [1.29, 1.82) is 0 Å². The molecule has 1 aliphatic heterocycles. The van der Waals surface area contributed by atoms with Gasteiger partial charge in [0.1, 0.15) is 0 Å². The zero-order valence-electron chi connectivity index (χ0n) is 14.9. The number of carbonyl (C=O) groups is 2. The first-order valence-electron chi connectivity index (χ1n) is 8.67. The number of halogens is 2. The van der Waals surface area contributed by atoms with Crippen molar-refractivity contribution in [2.24, 2.45) is 0 Å². The normalized spacial score (nSPS) is 16.7. The summed E-state index contributed by atoms with van der Waals surface area (Å²) in [6.07, 6.45) is 1.62. The third kappa shape index (κ3) is 4.42. The summed E-state index contributed by atoms with van der Waals surface area (Å²) < 4.78 is 31.1. The number of piperidine rings is 1. The highest BCUT2D eigenvalue weighted by Gasteiger charge is 2.24. The number of esters is 1. The molecule has 0 radical (unpaired) electrons. The maximum absolute atomic E-state index is 13.4. The first kappa shape index (κ1) is 18.8. The van der Waals surface area contributed by atoms with E-state index >= 15 is 0 Å². The van der Waals surface area contributed by atoms with E-state index in [0.29, 0.717) is 29.9 Å². The minimum Gasteiger partial charge on any atom is -0.465 e. The number of hydrogen-bond acceptors (Lipinski definition) is 4. The molecule has 0 saturated carbocycles. The van der Waals surface area contributed by atoms with Gasteiger partial charge in [0, 0.05) is 36.4 Å². The number of hydrogen-bond donors (Lipinski definition) is 1. The summed E-state index contributed by atoms with van der Waals surface area (Å²) >= 11 is 0. The standard InChI is InChI=1S/C20H20F2N2O3/c1-27-20(26)14-6-4-13(5-7-14)19(25)24-10-2-3-16(12-24)23-15-8-9-17(21)18(22)11-15/h4-9,11,16,23H,2-3,10,12H2,1H3/t16-/m0/s1.